The van der Waals surface area contributed by atoms with Gasteiger partial charge in [-0.1, -0.05) is 11.6 Å². The lowest BCUT2D eigenvalue weighted by atomic mass is 10.2. The first kappa shape index (κ1) is 19.6. The molecule has 0 spiro atoms. The molecule has 0 saturated carbocycles. The molecule has 0 aliphatic carbocycles. The number of carbonyl (C=O) groups excluding carboxylic acids is 1. The van der Waals surface area contributed by atoms with Gasteiger partial charge in [0.2, 0.25) is 0 Å². The van der Waals surface area contributed by atoms with Gasteiger partial charge in [-0.25, -0.2) is 9.78 Å². The van der Waals surface area contributed by atoms with Crippen molar-refractivity contribution in [2.45, 2.75) is 45.5 Å². The van der Waals surface area contributed by atoms with E-state index in [0.29, 0.717) is 25.5 Å². The topological polar surface area (TPSA) is 45.7 Å². The monoisotopic (exact) mass is 379 g/mol. The molecule has 0 aromatic carbocycles. The molecule has 0 unspecified atom stereocenters. The van der Waals surface area contributed by atoms with Crippen LogP contribution in [0.3, 0.4) is 0 Å². The third kappa shape index (κ3) is 4.90. The van der Waals surface area contributed by atoms with Crippen LogP contribution in [0.15, 0.2) is 12.1 Å². The highest BCUT2D eigenvalue weighted by Gasteiger charge is 2.35. The van der Waals surface area contributed by atoms with Crippen LogP contribution in [0, 0.1) is 0 Å². The summed E-state index contributed by atoms with van der Waals surface area (Å²) in [7, 11) is 0. The molecule has 1 aromatic rings. The van der Waals surface area contributed by atoms with E-state index < -0.39 is 28.6 Å². The van der Waals surface area contributed by atoms with E-state index in [1.165, 1.54) is 6.07 Å². The number of nitrogens with zero attached hydrogens (tertiary/aromatic N) is 3. The largest absolute Gasteiger partial charge is 0.444 e. The molecule has 0 bridgehead atoms. The maximum atomic E-state index is 12.8. The molecule has 2 rings (SSSR count). The van der Waals surface area contributed by atoms with Crippen LogP contribution in [-0.2, 0) is 10.9 Å². The van der Waals surface area contributed by atoms with Crippen LogP contribution >= 0.6 is 11.6 Å². The number of aromatic nitrogens is 1. The Kier molecular flexibility index (Phi) is 5.41. The van der Waals surface area contributed by atoms with Crippen LogP contribution in [0.1, 0.15) is 33.3 Å². The molecule has 0 N–H and O–H groups in total. The molecule has 9 heteroatoms. The van der Waals surface area contributed by atoms with Gasteiger partial charge in [0.15, 0.2) is 0 Å². The van der Waals surface area contributed by atoms with Crippen molar-refractivity contribution in [3.05, 3.63) is 22.8 Å². The fourth-order valence-electron chi connectivity index (χ4n) is 2.57. The summed E-state index contributed by atoms with van der Waals surface area (Å²) >= 11 is 5.68. The molecule has 25 heavy (non-hydrogen) atoms. The second-order valence-corrected chi connectivity index (χ2v) is 7.33. The lowest BCUT2D eigenvalue weighted by Crippen LogP contribution is -2.55. The Morgan fingerprint density at radius 3 is 2.40 bits per heavy atom. The highest BCUT2D eigenvalue weighted by Crippen LogP contribution is 2.35. The number of hydrogen-bond donors (Lipinski definition) is 0. The molecule has 1 amide bonds. The second-order valence-electron chi connectivity index (χ2n) is 6.97. The summed E-state index contributed by atoms with van der Waals surface area (Å²) in [5.41, 5.74) is -1.55. The van der Waals surface area contributed by atoms with E-state index in [1.54, 1.807) is 30.6 Å². The first-order chi connectivity index (χ1) is 11.4. The van der Waals surface area contributed by atoms with Gasteiger partial charge in [-0.15, -0.1) is 0 Å². The number of pyridine rings is 1. The predicted octanol–water partition coefficient (Wildman–Crippen LogP) is 4.20. The van der Waals surface area contributed by atoms with E-state index in [4.69, 9.17) is 16.3 Å². The van der Waals surface area contributed by atoms with Gasteiger partial charge in [0.05, 0.1) is 5.56 Å². The Morgan fingerprint density at radius 2 is 1.92 bits per heavy atom. The summed E-state index contributed by atoms with van der Waals surface area (Å²) in [5, 5.41) is -0.577. The van der Waals surface area contributed by atoms with E-state index in [9.17, 15) is 18.0 Å². The van der Waals surface area contributed by atoms with Gasteiger partial charge in [0.1, 0.15) is 16.6 Å². The van der Waals surface area contributed by atoms with Crippen molar-refractivity contribution < 1.29 is 22.7 Å². The Balaban J connectivity index is 2.08. The number of hydrogen-bond acceptors (Lipinski definition) is 4. The minimum atomic E-state index is -4.54. The van der Waals surface area contributed by atoms with E-state index in [-0.39, 0.29) is 6.04 Å². The highest BCUT2D eigenvalue weighted by molar-refractivity contribution is 6.30. The Hall–Kier alpha value is -1.70. The normalized spacial score (nSPS) is 19.1. The van der Waals surface area contributed by atoms with Gasteiger partial charge >= 0.3 is 12.3 Å². The SMILES string of the molecule is C[C@H]1CN(c2ccc(C(F)(F)F)c(Cl)n2)CCN1C(=O)OC(C)(C)C. The minimum Gasteiger partial charge on any atom is -0.444 e. The summed E-state index contributed by atoms with van der Waals surface area (Å²) in [4.78, 5) is 19.5. The number of anilines is 1. The Labute approximate surface area is 149 Å². The molecule has 2 heterocycles. The zero-order chi connectivity index (χ0) is 19.0. The number of rotatable bonds is 1. The van der Waals surface area contributed by atoms with E-state index in [1.807, 2.05) is 6.92 Å². The molecule has 1 aliphatic heterocycles. The van der Waals surface area contributed by atoms with Crippen molar-refractivity contribution in [2.75, 3.05) is 24.5 Å². The van der Waals surface area contributed by atoms with Crippen LogP contribution in [0.4, 0.5) is 23.8 Å². The summed E-state index contributed by atoms with van der Waals surface area (Å²) < 4.78 is 43.7. The van der Waals surface area contributed by atoms with Crippen molar-refractivity contribution in [2.24, 2.45) is 0 Å². The van der Waals surface area contributed by atoms with Gasteiger partial charge in [-0.05, 0) is 39.8 Å². The summed E-state index contributed by atoms with van der Waals surface area (Å²) in [5.74, 6) is 0.355. The van der Waals surface area contributed by atoms with Crippen molar-refractivity contribution in [3.63, 3.8) is 0 Å². The van der Waals surface area contributed by atoms with Gasteiger partial charge in [0, 0.05) is 25.7 Å². The Morgan fingerprint density at radius 1 is 1.28 bits per heavy atom. The second kappa shape index (κ2) is 6.90. The standard InChI is InChI=1S/C16H21ClF3N3O2/c1-10-9-22(7-8-23(10)14(24)25-15(2,3)4)12-6-5-11(13(17)21-12)16(18,19)20/h5-6,10H,7-9H2,1-4H3/t10-/m0/s1. The smallest absolute Gasteiger partial charge is 0.419 e. The van der Waals surface area contributed by atoms with Gasteiger partial charge in [-0.2, -0.15) is 13.2 Å². The number of carbonyl (C=O) groups is 1. The first-order valence-corrected chi connectivity index (χ1v) is 8.24. The fraction of sp³-hybridized carbons (Fsp3) is 0.625. The molecule has 1 saturated heterocycles. The predicted molar refractivity (Wildman–Crippen MR) is 88.9 cm³/mol. The first-order valence-electron chi connectivity index (χ1n) is 7.87. The van der Waals surface area contributed by atoms with E-state index in [2.05, 4.69) is 4.98 Å². The zero-order valence-corrected chi connectivity index (χ0v) is 15.3. The van der Waals surface area contributed by atoms with Crippen LogP contribution in [-0.4, -0.2) is 47.3 Å². The molecule has 1 aliphatic rings. The maximum absolute atomic E-state index is 12.8. The number of halogens is 4. The number of ether oxygens (including phenoxy) is 1. The van der Waals surface area contributed by atoms with Crippen LogP contribution < -0.4 is 4.90 Å². The Bertz CT molecular complexity index is 646. The van der Waals surface area contributed by atoms with Gasteiger partial charge in [0.25, 0.3) is 0 Å². The van der Waals surface area contributed by atoms with Crippen LogP contribution in [0.25, 0.3) is 0 Å². The quantitative estimate of drug-likeness (QED) is 0.686. The molecule has 1 aromatic heterocycles. The molecule has 140 valence electrons. The molecular weight excluding hydrogens is 359 g/mol. The molecule has 1 fully saturated rings. The van der Waals surface area contributed by atoms with Crippen molar-refractivity contribution in [1.29, 1.82) is 0 Å². The van der Waals surface area contributed by atoms with Crippen molar-refractivity contribution in [1.82, 2.24) is 9.88 Å². The zero-order valence-electron chi connectivity index (χ0n) is 14.5. The summed E-state index contributed by atoms with van der Waals surface area (Å²) in [6.45, 7) is 8.46. The van der Waals surface area contributed by atoms with E-state index in [0.717, 1.165) is 6.07 Å². The molecule has 1 atom stereocenters. The van der Waals surface area contributed by atoms with Crippen molar-refractivity contribution in [3.8, 4) is 0 Å². The average molecular weight is 380 g/mol. The van der Waals surface area contributed by atoms with Crippen molar-refractivity contribution >= 4 is 23.5 Å². The van der Waals surface area contributed by atoms with E-state index >= 15 is 0 Å². The van der Waals surface area contributed by atoms with Gasteiger partial charge < -0.3 is 14.5 Å². The van der Waals surface area contributed by atoms with Crippen LogP contribution in [0.2, 0.25) is 5.15 Å². The molecular formula is C16H21ClF3N3O2. The summed E-state index contributed by atoms with van der Waals surface area (Å²) in [6, 6.07) is 2.05. The summed E-state index contributed by atoms with van der Waals surface area (Å²) in [6.07, 6.45) is -4.94. The van der Waals surface area contributed by atoms with Crippen LogP contribution in [0.5, 0.6) is 0 Å². The third-order valence-electron chi connectivity index (χ3n) is 3.72. The highest BCUT2D eigenvalue weighted by atomic mass is 35.5. The fourth-order valence-corrected chi connectivity index (χ4v) is 2.83. The number of piperazine rings is 1. The lowest BCUT2D eigenvalue weighted by molar-refractivity contribution is -0.137. The molecule has 5 nitrogen and oxygen atoms in total. The number of amides is 1. The van der Waals surface area contributed by atoms with Gasteiger partial charge in [-0.3, -0.25) is 0 Å². The lowest BCUT2D eigenvalue weighted by Gasteiger charge is -2.40. The molecule has 0 radical (unpaired) electrons. The maximum Gasteiger partial charge on any atom is 0.419 e. The minimum absolute atomic E-state index is 0.175. The number of alkyl halides is 3. The average Bonchev–Trinajstić information content (AvgIpc) is 2.43. The third-order valence-corrected chi connectivity index (χ3v) is 4.01.